The summed E-state index contributed by atoms with van der Waals surface area (Å²) in [7, 11) is -2.95. The lowest BCUT2D eigenvalue weighted by molar-refractivity contribution is 0.0943. The fourth-order valence-electron chi connectivity index (χ4n) is 4.87. The van der Waals surface area contributed by atoms with Gasteiger partial charge in [-0.2, -0.15) is 0 Å². The Morgan fingerprint density at radius 2 is 1.93 bits per heavy atom. The van der Waals surface area contributed by atoms with Crippen molar-refractivity contribution in [3.05, 3.63) is 73.8 Å². The molecule has 1 amide bonds. The van der Waals surface area contributed by atoms with E-state index in [1.807, 2.05) is 17.9 Å². The molecule has 4 heterocycles. The van der Waals surface area contributed by atoms with E-state index in [0.717, 1.165) is 5.56 Å². The number of carbonyl (C=O) groups is 2. The Balaban J connectivity index is 1.20. The van der Waals surface area contributed by atoms with Crippen LogP contribution in [-0.4, -0.2) is 80.2 Å². The van der Waals surface area contributed by atoms with Crippen LogP contribution in [0.2, 0.25) is 4.34 Å². The summed E-state index contributed by atoms with van der Waals surface area (Å²) in [6.45, 7) is 3.90. The Morgan fingerprint density at radius 3 is 2.63 bits per heavy atom. The molecule has 2 aliphatic heterocycles. The quantitative estimate of drug-likeness (QED) is 0.313. The number of rotatable bonds is 10. The first-order chi connectivity index (χ1) is 19.6. The molecule has 0 N–H and O–H groups in total. The van der Waals surface area contributed by atoms with Crippen molar-refractivity contribution in [3.63, 3.8) is 0 Å². The Morgan fingerprint density at radius 1 is 1.15 bits per heavy atom. The van der Waals surface area contributed by atoms with Crippen molar-refractivity contribution < 1.29 is 27.5 Å². The highest BCUT2D eigenvalue weighted by Gasteiger charge is 2.33. The number of hydrogen-bond donors (Lipinski definition) is 0. The minimum atomic E-state index is -2.95. The molecule has 2 saturated heterocycles. The molecule has 2 aromatic heterocycles. The molecule has 0 spiro atoms. The van der Waals surface area contributed by atoms with Crippen molar-refractivity contribution >= 4 is 50.3 Å². The SMILES string of the molecule is Cc1cc(N2C[C@H](CCC(=O)c3ccc(Cl)s3)OC2=O)ccc1-n1cccc(OCCN2CCS(=O)(=O)CC2)c1=O. The zero-order valence-corrected chi connectivity index (χ0v) is 24.8. The first-order valence-corrected chi connectivity index (χ1v) is 16.3. The number of anilines is 1. The molecule has 218 valence electrons. The van der Waals surface area contributed by atoms with Gasteiger partial charge in [0.2, 0.25) is 0 Å². The van der Waals surface area contributed by atoms with Gasteiger partial charge in [-0.15, -0.1) is 11.3 Å². The van der Waals surface area contributed by atoms with E-state index >= 15 is 0 Å². The third-order valence-corrected chi connectivity index (χ3v) is 10.1. The molecule has 2 fully saturated rings. The van der Waals surface area contributed by atoms with Gasteiger partial charge in [-0.25, -0.2) is 13.2 Å². The Hall–Kier alpha value is -3.19. The standard InChI is InChI=1S/C28H30ClN3O7S2/c1-19-17-20(32-18-21(39-28(32)35)5-7-23(33)25-8-9-26(29)40-25)4-6-22(19)31-10-2-3-24(27(31)34)38-14-11-30-12-15-41(36,37)16-13-30/h2-4,6,8-10,17,21H,5,7,11-16,18H2,1H3/t21-/m0/s1. The van der Waals surface area contributed by atoms with Crippen molar-refractivity contribution in [1.82, 2.24) is 9.47 Å². The molecule has 0 bridgehead atoms. The first-order valence-electron chi connectivity index (χ1n) is 13.2. The van der Waals surface area contributed by atoms with Crippen molar-refractivity contribution in [2.24, 2.45) is 0 Å². The molecular formula is C28H30ClN3O7S2. The molecule has 2 aliphatic rings. The van der Waals surface area contributed by atoms with Crippen LogP contribution < -0.4 is 15.2 Å². The Kier molecular flexibility index (Phi) is 8.83. The van der Waals surface area contributed by atoms with Gasteiger partial charge in [0.1, 0.15) is 12.7 Å². The molecule has 13 heteroatoms. The monoisotopic (exact) mass is 619 g/mol. The number of thiophene rings is 1. The second kappa shape index (κ2) is 12.4. The third-order valence-electron chi connectivity index (χ3n) is 7.18. The van der Waals surface area contributed by atoms with Crippen LogP contribution in [0.25, 0.3) is 5.69 Å². The van der Waals surface area contributed by atoms with Gasteiger partial charge < -0.3 is 9.47 Å². The second-order valence-corrected chi connectivity index (χ2v) is 14.1. The molecule has 0 unspecified atom stereocenters. The van der Waals surface area contributed by atoms with Crippen molar-refractivity contribution in [2.75, 3.05) is 49.2 Å². The van der Waals surface area contributed by atoms with E-state index in [0.29, 0.717) is 53.2 Å². The minimum absolute atomic E-state index is 0.0322. The molecule has 1 aromatic carbocycles. The number of ether oxygens (including phenoxy) is 2. The maximum absolute atomic E-state index is 13.2. The number of cyclic esters (lactones) is 1. The van der Waals surface area contributed by atoms with Gasteiger partial charge >= 0.3 is 6.09 Å². The van der Waals surface area contributed by atoms with E-state index in [9.17, 15) is 22.8 Å². The van der Waals surface area contributed by atoms with Crippen LogP contribution in [0.4, 0.5) is 10.5 Å². The Bertz CT molecular complexity index is 1600. The normalized spacial score (nSPS) is 18.8. The van der Waals surface area contributed by atoms with Crippen LogP contribution in [-0.2, 0) is 14.6 Å². The van der Waals surface area contributed by atoms with Crippen molar-refractivity contribution in [1.29, 1.82) is 0 Å². The molecular weight excluding hydrogens is 590 g/mol. The summed E-state index contributed by atoms with van der Waals surface area (Å²) in [5.41, 5.74) is 1.74. The molecule has 1 atom stereocenters. The molecule has 0 radical (unpaired) electrons. The van der Waals surface area contributed by atoms with Crippen molar-refractivity contribution in [3.8, 4) is 11.4 Å². The highest BCUT2D eigenvalue weighted by Crippen LogP contribution is 2.28. The van der Waals surface area contributed by atoms with Crippen molar-refractivity contribution in [2.45, 2.75) is 25.9 Å². The summed E-state index contributed by atoms with van der Waals surface area (Å²) >= 11 is 7.15. The maximum atomic E-state index is 13.2. The molecule has 41 heavy (non-hydrogen) atoms. The number of aryl methyl sites for hydroxylation is 1. The molecule has 3 aromatic rings. The van der Waals surface area contributed by atoms with Gasteiger partial charge in [-0.3, -0.25) is 24.0 Å². The number of halogens is 1. The van der Waals surface area contributed by atoms with E-state index in [2.05, 4.69) is 0 Å². The van der Waals surface area contributed by atoms with E-state index in [1.54, 1.807) is 42.6 Å². The summed E-state index contributed by atoms with van der Waals surface area (Å²) in [6.07, 6.45) is 1.43. The highest BCUT2D eigenvalue weighted by atomic mass is 35.5. The molecule has 0 saturated carbocycles. The fourth-order valence-corrected chi connectivity index (χ4v) is 7.16. The smallest absolute Gasteiger partial charge is 0.414 e. The van der Waals surface area contributed by atoms with Crippen LogP contribution in [0.15, 0.2) is 53.5 Å². The summed E-state index contributed by atoms with van der Waals surface area (Å²) in [4.78, 5) is 42.3. The van der Waals surface area contributed by atoms with Crippen LogP contribution >= 0.6 is 22.9 Å². The van der Waals surface area contributed by atoms with Crippen LogP contribution in [0, 0.1) is 6.92 Å². The van der Waals surface area contributed by atoms with Gasteiger partial charge in [-0.05, 0) is 61.4 Å². The number of ketones is 1. The average Bonchev–Trinajstić information content (AvgIpc) is 3.54. The summed E-state index contributed by atoms with van der Waals surface area (Å²) in [5.74, 6) is 0.448. The largest absolute Gasteiger partial charge is 0.487 e. The van der Waals surface area contributed by atoms with Gasteiger partial charge in [0.25, 0.3) is 5.56 Å². The zero-order chi connectivity index (χ0) is 29.1. The summed E-state index contributed by atoms with van der Waals surface area (Å²) in [6, 6.07) is 12.1. The second-order valence-electron chi connectivity index (χ2n) is 10.0. The molecule has 10 nitrogen and oxygen atoms in total. The van der Waals surface area contributed by atoms with E-state index in [-0.39, 0.29) is 41.6 Å². The lowest BCUT2D eigenvalue weighted by Gasteiger charge is -2.26. The number of benzene rings is 1. The Labute approximate surface area is 247 Å². The minimum Gasteiger partial charge on any atom is -0.487 e. The number of amides is 1. The van der Waals surface area contributed by atoms with E-state index < -0.39 is 22.0 Å². The number of carbonyl (C=O) groups excluding carboxylic acids is 2. The number of nitrogens with zero attached hydrogens (tertiary/aromatic N) is 3. The number of pyridine rings is 1. The summed E-state index contributed by atoms with van der Waals surface area (Å²) in [5, 5.41) is 0. The zero-order valence-electron chi connectivity index (χ0n) is 22.5. The van der Waals surface area contributed by atoms with Crippen LogP contribution in [0.3, 0.4) is 0 Å². The van der Waals surface area contributed by atoms with Gasteiger partial charge in [0, 0.05) is 37.9 Å². The van der Waals surface area contributed by atoms with Gasteiger partial charge in [-0.1, -0.05) is 11.6 Å². The summed E-state index contributed by atoms with van der Waals surface area (Å²) < 4.78 is 36.6. The lowest BCUT2D eigenvalue weighted by atomic mass is 10.1. The number of hydrogen-bond acceptors (Lipinski definition) is 9. The topological polar surface area (TPSA) is 115 Å². The first kappa shape index (κ1) is 29.3. The number of Topliss-reactive ketones (excluding diaryl/α,β-unsaturated/α-hetero) is 1. The maximum Gasteiger partial charge on any atom is 0.414 e. The molecule has 5 rings (SSSR count). The van der Waals surface area contributed by atoms with Crippen LogP contribution in [0.1, 0.15) is 28.1 Å². The number of sulfone groups is 1. The predicted octanol–water partition coefficient (Wildman–Crippen LogP) is 3.96. The fraction of sp³-hybridized carbons (Fsp3) is 0.393. The van der Waals surface area contributed by atoms with E-state index in [4.69, 9.17) is 21.1 Å². The van der Waals surface area contributed by atoms with Gasteiger partial charge in [0.05, 0.1) is 33.0 Å². The average molecular weight is 620 g/mol. The third kappa shape index (κ3) is 7.00. The van der Waals surface area contributed by atoms with E-state index in [1.165, 1.54) is 20.8 Å². The highest BCUT2D eigenvalue weighted by molar-refractivity contribution is 7.91. The molecule has 0 aliphatic carbocycles. The lowest BCUT2D eigenvalue weighted by Crippen LogP contribution is -2.42. The number of aromatic nitrogens is 1. The van der Waals surface area contributed by atoms with Gasteiger partial charge in [0.15, 0.2) is 21.4 Å². The van der Waals surface area contributed by atoms with Crippen LogP contribution in [0.5, 0.6) is 5.75 Å². The predicted molar refractivity (Wildman–Crippen MR) is 158 cm³/mol.